The zero-order valence-electron chi connectivity index (χ0n) is 8.80. The highest BCUT2D eigenvalue weighted by atomic mass is 14.3. The fourth-order valence-electron chi connectivity index (χ4n) is 2.55. The van der Waals surface area contributed by atoms with Gasteiger partial charge in [-0.2, -0.15) is 0 Å². The highest BCUT2D eigenvalue weighted by Crippen LogP contribution is 2.34. The number of benzene rings is 1. The van der Waals surface area contributed by atoms with Gasteiger partial charge in [0.15, 0.2) is 0 Å². The van der Waals surface area contributed by atoms with E-state index >= 15 is 0 Å². The zero-order chi connectivity index (χ0) is 9.42. The number of hydrogen-bond donors (Lipinski definition) is 0. The number of fused-ring (bicyclic) bond motifs is 1. The molecule has 0 spiro atoms. The molecule has 0 heteroatoms. The maximum atomic E-state index is 2.37. The molecule has 0 bridgehead atoms. The first-order valence-electron chi connectivity index (χ1n) is 5.26. The Hall–Kier alpha value is -0.780. The van der Waals surface area contributed by atoms with Crippen LogP contribution in [-0.2, 0) is 6.42 Å². The van der Waals surface area contributed by atoms with E-state index < -0.39 is 0 Å². The van der Waals surface area contributed by atoms with Gasteiger partial charge in [0.1, 0.15) is 0 Å². The average Bonchev–Trinajstić information content (AvgIpc) is 2.06. The summed E-state index contributed by atoms with van der Waals surface area (Å²) in [5, 5.41) is 0. The predicted molar refractivity (Wildman–Crippen MR) is 57.1 cm³/mol. The number of rotatable bonds is 0. The van der Waals surface area contributed by atoms with Gasteiger partial charge in [-0.1, -0.05) is 37.6 Å². The van der Waals surface area contributed by atoms with Gasteiger partial charge in [0.2, 0.25) is 0 Å². The van der Waals surface area contributed by atoms with Crippen LogP contribution in [0.1, 0.15) is 42.9 Å². The summed E-state index contributed by atoms with van der Waals surface area (Å²) >= 11 is 0. The molecule has 1 aliphatic carbocycles. The fraction of sp³-hybridized carbons (Fsp3) is 0.538. The molecule has 0 saturated heterocycles. The predicted octanol–water partition coefficient (Wildman–Crippen LogP) is 3.68. The highest BCUT2D eigenvalue weighted by Gasteiger charge is 2.20. The highest BCUT2D eigenvalue weighted by molar-refractivity contribution is 5.36. The first-order chi connectivity index (χ1) is 6.16. The van der Waals surface area contributed by atoms with Crippen LogP contribution in [0.3, 0.4) is 0 Å². The van der Waals surface area contributed by atoms with Crippen LogP contribution < -0.4 is 0 Å². The second-order valence-corrected chi connectivity index (χ2v) is 4.65. The maximum Gasteiger partial charge on any atom is -0.0185 e. The van der Waals surface area contributed by atoms with Gasteiger partial charge < -0.3 is 0 Å². The maximum absolute atomic E-state index is 2.37. The van der Waals surface area contributed by atoms with E-state index in [0.717, 1.165) is 11.8 Å². The van der Waals surface area contributed by atoms with E-state index in [2.05, 4.69) is 39.0 Å². The normalized spacial score (nSPS) is 27.0. The van der Waals surface area contributed by atoms with Crippen molar-refractivity contribution in [3.05, 3.63) is 34.9 Å². The summed E-state index contributed by atoms with van der Waals surface area (Å²) in [5.41, 5.74) is 4.58. The molecule has 0 saturated carbocycles. The lowest BCUT2D eigenvalue weighted by molar-refractivity contribution is 0.449. The number of aryl methyl sites for hydroxylation is 1. The lowest BCUT2D eigenvalue weighted by Gasteiger charge is -2.27. The van der Waals surface area contributed by atoms with Crippen LogP contribution in [0.5, 0.6) is 0 Å². The molecule has 0 aromatic heterocycles. The third kappa shape index (κ3) is 1.63. The average molecular weight is 174 g/mol. The van der Waals surface area contributed by atoms with Crippen molar-refractivity contribution in [1.82, 2.24) is 0 Å². The standard InChI is InChI=1S/C13H18/c1-9-4-5-12-7-10(2)6-11(3)13(12)8-9/h4-5,8,10-11H,6-7H2,1-3H3. The third-order valence-corrected chi connectivity index (χ3v) is 3.16. The van der Waals surface area contributed by atoms with Gasteiger partial charge in [0.25, 0.3) is 0 Å². The fourth-order valence-corrected chi connectivity index (χ4v) is 2.55. The molecule has 1 aromatic carbocycles. The quantitative estimate of drug-likeness (QED) is 0.563. The molecule has 0 nitrogen and oxygen atoms in total. The lowest BCUT2D eigenvalue weighted by atomic mass is 9.78. The van der Waals surface area contributed by atoms with Crippen molar-refractivity contribution in [2.45, 2.75) is 39.5 Å². The van der Waals surface area contributed by atoms with Crippen molar-refractivity contribution >= 4 is 0 Å². The molecule has 13 heavy (non-hydrogen) atoms. The van der Waals surface area contributed by atoms with Gasteiger partial charge in [-0.05, 0) is 42.7 Å². The molecule has 1 aliphatic rings. The van der Waals surface area contributed by atoms with E-state index in [4.69, 9.17) is 0 Å². The second kappa shape index (κ2) is 3.17. The van der Waals surface area contributed by atoms with Crippen molar-refractivity contribution in [2.75, 3.05) is 0 Å². The second-order valence-electron chi connectivity index (χ2n) is 4.65. The molecule has 0 radical (unpaired) electrons. The van der Waals surface area contributed by atoms with E-state index in [1.54, 1.807) is 11.1 Å². The van der Waals surface area contributed by atoms with Gasteiger partial charge in [-0.25, -0.2) is 0 Å². The Labute approximate surface area is 81.0 Å². The van der Waals surface area contributed by atoms with Crippen LogP contribution in [0.2, 0.25) is 0 Å². The molecule has 2 atom stereocenters. The van der Waals surface area contributed by atoms with E-state index in [1.165, 1.54) is 18.4 Å². The smallest absolute Gasteiger partial charge is 0.0185 e. The molecule has 70 valence electrons. The van der Waals surface area contributed by atoms with Crippen molar-refractivity contribution in [1.29, 1.82) is 0 Å². The van der Waals surface area contributed by atoms with E-state index in [9.17, 15) is 0 Å². The van der Waals surface area contributed by atoms with Gasteiger partial charge in [-0.3, -0.25) is 0 Å². The Morgan fingerprint density at radius 2 is 2.00 bits per heavy atom. The van der Waals surface area contributed by atoms with Crippen LogP contribution in [0, 0.1) is 12.8 Å². The summed E-state index contributed by atoms with van der Waals surface area (Å²) in [5.74, 6) is 1.63. The third-order valence-electron chi connectivity index (χ3n) is 3.16. The van der Waals surface area contributed by atoms with Crippen molar-refractivity contribution < 1.29 is 0 Å². The Morgan fingerprint density at radius 1 is 1.23 bits per heavy atom. The summed E-state index contributed by atoms with van der Waals surface area (Å²) in [6, 6.07) is 6.92. The first-order valence-corrected chi connectivity index (χ1v) is 5.26. The summed E-state index contributed by atoms with van der Waals surface area (Å²) in [7, 11) is 0. The molecule has 0 heterocycles. The molecule has 0 fully saturated rings. The lowest BCUT2D eigenvalue weighted by Crippen LogP contribution is -2.14. The topological polar surface area (TPSA) is 0 Å². The summed E-state index contributed by atoms with van der Waals surface area (Å²) in [4.78, 5) is 0. The Morgan fingerprint density at radius 3 is 2.77 bits per heavy atom. The molecule has 0 amide bonds. The Balaban J connectivity index is 2.43. The zero-order valence-corrected chi connectivity index (χ0v) is 8.80. The molecule has 0 aliphatic heterocycles. The van der Waals surface area contributed by atoms with Gasteiger partial charge in [0, 0.05) is 0 Å². The molecule has 2 rings (SSSR count). The van der Waals surface area contributed by atoms with Crippen molar-refractivity contribution in [2.24, 2.45) is 5.92 Å². The van der Waals surface area contributed by atoms with Crippen LogP contribution in [-0.4, -0.2) is 0 Å². The van der Waals surface area contributed by atoms with Crippen LogP contribution >= 0.6 is 0 Å². The Bertz CT molecular complexity index is 312. The van der Waals surface area contributed by atoms with E-state index in [-0.39, 0.29) is 0 Å². The summed E-state index contributed by atoms with van der Waals surface area (Å²) < 4.78 is 0. The van der Waals surface area contributed by atoms with E-state index in [0.29, 0.717) is 0 Å². The molecular formula is C13H18. The monoisotopic (exact) mass is 174 g/mol. The minimum atomic E-state index is 0.763. The van der Waals surface area contributed by atoms with Gasteiger partial charge >= 0.3 is 0 Å². The van der Waals surface area contributed by atoms with Crippen LogP contribution in [0.25, 0.3) is 0 Å². The molecule has 0 N–H and O–H groups in total. The summed E-state index contributed by atoms with van der Waals surface area (Å²) in [6.45, 7) is 6.90. The molecular weight excluding hydrogens is 156 g/mol. The van der Waals surface area contributed by atoms with Gasteiger partial charge in [-0.15, -0.1) is 0 Å². The van der Waals surface area contributed by atoms with Crippen molar-refractivity contribution in [3.63, 3.8) is 0 Å². The minimum Gasteiger partial charge on any atom is -0.0622 e. The largest absolute Gasteiger partial charge is 0.0622 e. The molecule has 2 unspecified atom stereocenters. The van der Waals surface area contributed by atoms with Gasteiger partial charge in [0.05, 0.1) is 0 Å². The van der Waals surface area contributed by atoms with Crippen LogP contribution in [0.15, 0.2) is 18.2 Å². The van der Waals surface area contributed by atoms with Crippen molar-refractivity contribution in [3.8, 4) is 0 Å². The molecule has 1 aromatic rings. The summed E-state index contributed by atoms with van der Waals surface area (Å²) in [6.07, 6.45) is 2.64. The number of hydrogen-bond acceptors (Lipinski definition) is 0. The minimum absolute atomic E-state index is 0.763. The van der Waals surface area contributed by atoms with E-state index in [1.807, 2.05) is 0 Å². The SMILES string of the molecule is Cc1ccc2c(c1)C(C)CC(C)C2. The Kier molecular flexibility index (Phi) is 2.15. The first kappa shape index (κ1) is 8.80. The van der Waals surface area contributed by atoms with Crippen LogP contribution in [0.4, 0.5) is 0 Å².